The van der Waals surface area contributed by atoms with Crippen molar-refractivity contribution in [1.82, 2.24) is 0 Å². The summed E-state index contributed by atoms with van der Waals surface area (Å²) in [6.07, 6.45) is 0. The van der Waals surface area contributed by atoms with Crippen LogP contribution in [0.25, 0.3) is 0 Å². The first-order valence-corrected chi connectivity index (χ1v) is 0. The summed E-state index contributed by atoms with van der Waals surface area (Å²) in [6, 6.07) is 0. The topological polar surface area (TPSA) is 85.5 Å². The molecule has 11 heavy (non-hydrogen) atoms. The maximum atomic E-state index is 0. The van der Waals surface area contributed by atoms with Crippen LogP contribution in [0.15, 0.2) is 0 Å². The fraction of sp³-hybridized carbons (Fsp3) is 0. The third-order valence-electron chi connectivity index (χ3n) is 0. The third kappa shape index (κ3) is 80.7. The molecular weight excluding hydrogens is 871 g/mol. The van der Waals surface area contributed by atoms with E-state index in [-0.39, 0.29) is 233 Å². The predicted octanol–water partition coefficient (Wildman–Crippen LogP) is -1.44. The molecular formula is H4Bi2Co2Fe2O3Sr2. The van der Waals surface area contributed by atoms with E-state index < -0.39 is 0 Å². The molecule has 0 unspecified atom stereocenters. The van der Waals surface area contributed by atoms with Gasteiger partial charge in [0.05, 0.1) is 0 Å². The van der Waals surface area contributed by atoms with Crippen molar-refractivity contribution in [3.05, 3.63) is 0 Å². The molecule has 0 aromatic heterocycles. The minimum Gasteiger partial charge on any atom is -2.00 e. The zero-order chi connectivity index (χ0) is 0. The SMILES string of the molecule is [Bi].[Bi].[Co].[Co].[Fe+3].[Fe+3].[H-].[H-].[H-].[H-].[O-2].[O-2].[O-2].[Sr+2].[Sr+2]. The maximum absolute atomic E-state index is 0. The second-order valence-electron chi connectivity index (χ2n) is 0. The Balaban J connectivity index is 0. The molecule has 0 amide bonds. The average molecular weight is 875 g/mol. The maximum Gasteiger partial charge on any atom is 3.00 e. The van der Waals surface area contributed by atoms with Crippen molar-refractivity contribution in [3.63, 3.8) is 0 Å². The molecule has 0 N–H and O–H groups in total. The second kappa shape index (κ2) is 92.1. The minimum absolute atomic E-state index is 0. The summed E-state index contributed by atoms with van der Waals surface area (Å²) >= 11 is 0. The number of rotatable bonds is 0. The molecule has 0 aromatic rings. The molecule has 0 aliphatic heterocycles. The van der Waals surface area contributed by atoms with E-state index in [0.717, 1.165) is 0 Å². The van der Waals surface area contributed by atoms with Crippen LogP contribution < -0.4 is 0 Å². The molecule has 0 bridgehead atoms. The van der Waals surface area contributed by atoms with E-state index in [0.29, 0.717) is 0 Å². The molecule has 0 saturated carbocycles. The van der Waals surface area contributed by atoms with Crippen molar-refractivity contribution in [2.75, 3.05) is 0 Å². The Morgan fingerprint density at radius 3 is 0.545 bits per heavy atom. The van der Waals surface area contributed by atoms with Gasteiger partial charge in [-0.3, -0.25) is 0 Å². The van der Waals surface area contributed by atoms with Crippen molar-refractivity contribution >= 4 is 143 Å². The van der Waals surface area contributed by atoms with Gasteiger partial charge >= 0.3 is 125 Å². The molecule has 70 valence electrons. The summed E-state index contributed by atoms with van der Waals surface area (Å²) in [5.41, 5.74) is 0. The molecule has 0 saturated heterocycles. The van der Waals surface area contributed by atoms with Crippen LogP contribution in [0.5, 0.6) is 0 Å². The van der Waals surface area contributed by atoms with E-state index in [1.54, 1.807) is 0 Å². The molecule has 3 nitrogen and oxygen atoms in total. The van der Waals surface area contributed by atoms with Gasteiger partial charge in [-0.2, -0.15) is 0 Å². The molecule has 0 aromatic carbocycles. The molecule has 0 atom stereocenters. The van der Waals surface area contributed by atoms with Crippen LogP contribution in [0, 0.1) is 0 Å². The molecule has 11 heteroatoms. The average Bonchev–Trinajstić information content (AvgIpc) is 0. The van der Waals surface area contributed by atoms with Crippen LogP contribution in [-0.2, 0) is 84.1 Å². The summed E-state index contributed by atoms with van der Waals surface area (Å²) in [7, 11) is 0. The smallest absolute Gasteiger partial charge is 2.00 e. The van der Waals surface area contributed by atoms with Gasteiger partial charge in [0.2, 0.25) is 0 Å². The Labute approximate surface area is 227 Å². The Bertz CT molecular complexity index is 37.8. The van der Waals surface area contributed by atoms with E-state index >= 15 is 0 Å². The molecule has 0 rings (SSSR count). The van der Waals surface area contributed by atoms with Gasteiger partial charge in [-0.1, -0.05) is 0 Å². The van der Waals surface area contributed by atoms with Gasteiger partial charge in [-0.25, -0.2) is 0 Å². The zero-order valence-corrected chi connectivity index (χ0v) is 23.1. The van der Waals surface area contributed by atoms with Crippen molar-refractivity contribution in [1.29, 1.82) is 0 Å². The normalized spacial score (nSPS) is 0. The Kier molecular flexibility index (Phi) is 926. The Morgan fingerprint density at radius 1 is 0.545 bits per heavy atom. The van der Waals surface area contributed by atoms with Crippen LogP contribution >= 0.6 is 0 Å². The monoisotopic (exact) mass is 876 g/mol. The van der Waals surface area contributed by atoms with Gasteiger partial charge in [0.15, 0.2) is 0 Å². The van der Waals surface area contributed by atoms with Crippen LogP contribution in [0.1, 0.15) is 5.71 Å². The third-order valence-corrected chi connectivity index (χ3v) is 0. The van der Waals surface area contributed by atoms with Crippen molar-refractivity contribution in [3.8, 4) is 0 Å². The van der Waals surface area contributed by atoms with Gasteiger partial charge in [0.25, 0.3) is 0 Å². The molecule has 0 aliphatic carbocycles. The summed E-state index contributed by atoms with van der Waals surface area (Å²) in [6.45, 7) is 0. The molecule has 10 radical (unpaired) electrons. The first-order chi connectivity index (χ1) is 0. The quantitative estimate of drug-likeness (QED) is 0.268. The van der Waals surface area contributed by atoms with Gasteiger partial charge in [0.1, 0.15) is 0 Å². The summed E-state index contributed by atoms with van der Waals surface area (Å²) in [4.78, 5) is 0. The number of hydrogen-bond acceptors (Lipinski definition) is 0. The van der Waals surface area contributed by atoms with Crippen LogP contribution in [0.4, 0.5) is 0 Å². The first-order valence-electron chi connectivity index (χ1n) is 0. The molecule has 0 spiro atoms. The second-order valence-corrected chi connectivity index (χ2v) is 0. The molecule has 0 heterocycles. The van der Waals surface area contributed by atoms with E-state index in [9.17, 15) is 0 Å². The Morgan fingerprint density at radius 2 is 0.545 bits per heavy atom. The van der Waals surface area contributed by atoms with Crippen molar-refractivity contribution in [2.45, 2.75) is 0 Å². The molecule has 0 aliphatic rings. The van der Waals surface area contributed by atoms with E-state index in [4.69, 9.17) is 0 Å². The fourth-order valence-electron chi connectivity index (χ4n) is 0. The van der Waals surface area contributed by atoms with Gasteiger partial charge in [-0.15, -0.1) is 0 Å². The van der Waals surface area contributed by atoms with Crippen molar-refractivity contribution < 1.29 is 89.8 Å². The Hall–Kier alpha value is 6.66. The van der Waals surface area contributed by atoms with Crippen LogP contribution in [-0.4, -0.2) is 143 Å². The van der Waals surface area contributed by atoms with Crippen molar-refractivity contribution in [2.24, 2.45) is 0 Å². The first kappa shape index (κ1) is 111. The van der Waals surface area contributed by atoms with E-state index in [2.05, 4.69) is 0 Å². The van der Waals surface area contributed by atoms with Gasteiger partial charge < -0.3 is 22.1 Å². The van der Waals surface area contributed by atoms with Crippen LogP contribution in [0.2, 0.25) is 0 Å². The largest absolute Gasteiger partial charge is 3.00 e. The predicted molar refractivity (Wildman–Crippen MR) is 29.5 cm³/mol. The summed E-state index contributed by atoms with van der Waals surface area (Å²) < 4.78 is 0. The van der Waals surface area contributed by atoms with Gasteiger partial charge in [0, 0.05) is 86.0 Å². The van der Waals surface area contributed by atoms with Gasteiger partial charge in [-0.05, 0) is 0 Å². The number of hydrogen-bond donors (Lipinski definition) is 0. The zero-order valence-electron chi connectivity index (χ0n) is 8.91. The standard InChI is InChI=1S/2Bi.2Co.2Fe.3O.2Sr.4H/q;;;;2*+3;3*-2;2*+2;4*-1. The minimum atomic E-state index is 0. The fourth-order valence-corrected chi connectivity index (χ4v) is 0. The van der Waals surface area contributed by atoms with E-state index in [1.807, 2.05) is 0 Å². The van der Waals surface area contributed by atoms with E-state index in [1.165, 1.54) is 0 Å². The molecule has 0 fully saturated rings. The summed E-state index contributed by atoms with van der Waals surface area (Å²) in [5.74, 6) is 0. The van der Waals surface area contributed by atoms with Crippen LogP contribution in [0.3, 0.4) is 0 Å². The summed E-state index contributed by atoms with van der Waals surface area (Å²) in [5, 5.41) is 0.